The first-order valence-corrected chi connectivity index (χ1v) is 23.6. The second-order valence-electron chi connectivity index (χ2n) is 16.7. The van der Waals surface area contributed by atoms with Crippen molar-refractivity contribution < 1.29 is 4.39 Å². The van der Waals surface area contributed by atoms with Gasteiger partial charge >= 0.3 is 0 Å². The van der Waals surface area contributed by atoms with Crippen LogP contribution in [0.3, 0.4) is 0 Å². The summed E-state index contributed by atoms with van der Waals surface area (Å²) in [6, 6.07) is 6.75. The zero-order valence-electron chi connectivity index (χ0n) is 40.0. The summed E-state index contributed by atoms with van der Waals surface area (Å²) in [6.07, 6.45) is 18.1. The summed E-state index contributed by atoms with van der Waals surface area (Å²) < 4.78 is 14.2. The number of likely N-dealkylation sites (N-methyl/N-ethyl adjacent to an activating group) is 1. The number of benzene rings is 1. The number of halogens is 1. The Kier molecular flexibility index (Phi) is 24.2. The Labute approximate surface area is 382 Å². The molecule has 1 aromatic rings. The topological polar surface area (TPSA) is 90.7 Å². The van der Waals surface area contributed by atoms with E-state index in [-0.39, 0.29) is 29.9 Å². The van der Waals surface area contributed by atoms with Gasteiger partial charge in [-0.3, -0.25) is 4.90 Å². The highest BCUT2D eigenvalue weighted by atomic mass is 19.1. The molecule has 1 saturated heterocycles. The first-order chi connectivity index (χ1) is 30.5. The molecule has 1 aliphatic carbocycles. The minimum absolute atomic E-state index is 0.0686. The van der Waals surface area contributed by atoms with Gasteiger partial charge in [-0.05, 0) is 112 Å². The van der Waals surface area contributed by atoms with Crippen LogP contribution in [0, 0.1) is 5.92 Å². The largest absolute Gasteiger partial charge is 0.392 e. The Morgan fingerprint density at radius 2 is 1.65 bits per heavy atom. The van der Waals surface area contributed by atoms with E-state index in [0.29, 0.717) is 6.42 Å². The molecule has 10 heteroatoms. The molecular weight excluding hydrogens is 782 g/mol. The van der Waals surface area contributed by atoms with Crippen LogP contribution in [0.15, 0.2) is 133 Å². The van der Waals surface area contributed by atoms with Gasteiger partial charge in [-0.15, -0.1) is 6.58 Å². The number of hydrogen-bond acceptors (Lipinski definition) is 9. The molecule has 348 valence electrons. The number of rotatable bonds is 29. The van der Waals surface area contributed by atoms with Gasteiger partial charge in [0.25, 0.3) is 0 Å². The molecule has 0 saturated carbocycles. The molecule has 0 bridgehead atoms. The lowest BCUT2D eigenvalue weighted by molar-refractivity contribution is 0.138. The molecule has 4 atom stereocenters. The van der Waals surface area contributed by atoms with Crippen LogP contribution in [0.2, 0.25) is 0 Å². The summed E-state index contributed by atoms with van der Waals surface area (Å²) >= 11 is 0. The van der Waals surface area contributed by atoms with E-state index in [1.165, 1.54) is 11.1 Å². The van der Waals surface area contributed by atoms with Crippen LogP contribution in [0.25, 0.3) is 6.08 Å². The minimum atomic E-state index is -0.190. The van der Waals surface area contributed by atoms with Crippen molar-refractivity contribution in [2.75, 3.05) is 78.3 Å². The van der Waals surface area contributed by atoms with Gasteiger partial charge in [0.05, 0.1) is 6.04 Å². The van der Waals surface area contributed by atoms with E-state index >= 15 is 0 Å². The van der Waals surface area contributed by atoms with Gasteiger partial charge in [-0.2, -0.15) is 0 Å². The van der Waals surface area contributed by atoms with Gasteiger partial charge in [0.15, 0.2) is 0 Å². The Balaban J connectivity index is 0.00000520. The van der Waals surface area contributed by atoms with Crippen molar-refractivity contribution in [3.05, 3.63) is 145 Å². The Bertz CT molecular complexity index is 1780. The second kappa shape index (κ2) is 29.0. The number of allylic oxidation sites excluding steroid dienone is 6. The average molecular weight is 866 g/mol. The van der Waals surface area contributed by atoms with E-state index in [0.717, 1.165) is 149 Å². The van der Waals surface area contributed by atoms with E-state index in [1.54, 1.807) is 12.2 Å². The fourth-order valence-electron chi connectivity index (χ4n) is 8.56. The van der Waals surface area contributed by atoms with Gasteiger partial charge in [0.1, 0.15) is 5.83 Å². The molecule has 0 radical (unpaired) electrons. The van der Waals surface area contributed by atoms with E-state index in [4.69, 9.17) is 0 Å². The molecule has 0 aromatic heterocycles. The van der Waals surface area contributed by atoms with Gasteiger partial charge in [0.2, 0.25) is 0 Å². The Morgan fingerprint density at radius 3 is 2.33 bits per heavy atom. The minimum Gasteiger partial charge on any atom is -0.392 e. The monoisotopic (exact) mass is 866 g/mol. The number of piperazine rings is 1. The van der Waals surface area contributed by atoms with E-state index < -0.39 is 0 Å². The van der Waals surface area contributed by atoms with E-state index in [2.05, 4.69) is 125 Å². The summed E-state index contributed by atoms with van der Waals surface area (Å²) in [6.45, 7) is 43.1. The third kappa shape index (κ3) is 17.1. The van der Waals surface area contributed by atoms with Crippen molar-refractivity contribution in [1.29, 1.82) is 0 Å². The zero-order valence-corrected chi connectivity index (χ0v) is 40.0. The summed E-state index contributed by atoms with van der Waals surface area (Å²) in [5, 5.41) is 24.6. The van der Waals surface area contributed by atoms with Crippen molar-refractivity contribution in [1.82, 2.24) is 41.7 Å². The lowest BCUT2D eigenvalue weighted by atomic mass is 9.88. The van der Waals surface area contributed by atoms with Gasteiger partial charge in [-0.1, -0.05) is 90.1 Å². The van der Waals surface area contributed by atoms with Crippen molar-refractivity contribution >= 4 is 11.8 Å². The molecule has 63 heavy (non-hydrogen) atoms. The van der Waals surface area contributed by atoms with Crippen LogP contribution in [-0.4, -0.2) is 101 Å². The normalized spacial score (nSPS) is 19.7. The fraction of sp³-hybridized carbons (Fsp3) is 0.509. The maximum Gasteiger partial charge on any atom is 0.119 e. The molecule has 1 fully saturated rings. The standard InChI is InChI=1S/C51H78FN9.C2H6/c1-11-42-19-17-20-49(47(42)35-58-45(13-3)23-21-37(4)53-9)57-26-16-14-15-25-55-38(5)36-61-31-29-60(30-32-61)28-18-27-56-40(7)51-39(6)50(59-41(51)8)33-43(12-2)46-34-44(52)22-24-48(46)54-10;1-2/h11-13,17,19-20,22,33-34,39,45,48,50,53-59H,1-5,7,14-16,18,21,23-32,35-36H2,6,8-10H3;1-2H3/b43-33+;. The molecule has 1 aromatic carbocycles. The van der Waals surface area contributed by atoms with Crippen molar-refractivity contribution in [3.63, 3.8) is 0 Å². The van der Waals surface area contributed by atoms with Gasteiger partial charge in [-0.25, -0.2) is 4.39 Å². The predicted molar refractivity (Wildman–Crippen MR) is 272 cm³/mol. The highest BCUT2D eigenvalue weighted by Crippen LogP contribution is 2.33. The quantitative estimate of drug-likeness (QED) is 0.0242. The first kappa shape index (κ1) is 52.7. The van der Waals surface area contributed by atoms with Crippen LogP contribution < -0.4 is 37.2 Å². The third-order valence-corrected chi connectivity index (χ3v) is 12.4. The summed E-state index contributed by atoms with van der Waals surface area (Å²) in [7, 11) is 3.83. The molecular formula is C53H84FN9. The summed E-state index contributed by atoms with van der Waals surface area (Å²) in [5.41, 5.74) is 10.9. The maximum atomic E-state index is 14.2. The lowest BCUT2D eigenvalue weighted by Gasteiger charge is -2.35. The molecule has 7 N–H and O–H groups in total. The third-order valence-electron chi connectivity index (χ3n) is 12.4. The molecule has 0 spiro atoms. The van der Waals surface area contributed by atoms with Gasteiger partial charge in [0, 0.05) is 112 Å². The molecule has 4 rings (SSSR count). The highest BCUT2D eigenvalue weighted by Gasteiger charge is 2.30. The van der Waals surface area contributed by atoms with Gasteiger partial charge < -0.3 is 42.1 Å². The zero-order chi connectivity index (χ0) is 46.1. The van der Waals surface area contributed by atoms with Crippen LogP contribution in [-0.2, 0) is 6.54 Å². The number of anilines is 1. The Morgan fingerprint density at radius 1 is 0.937 bits per heavy atom. The molecule has 0 amide bonds. The van der Waals surface area contributed by atoms with Crippen LogP contribution in [0.5, 0.6) is 0 Å². The Hall–Kier alpha value is -4.61. The van der Waals surface area contributed by atoms with Crippen LogP contribution in [0.1, 0.15) is 83.8 Å². The van der Waals surface area contributed by atoms with Crippen molar-refractivity contribution in [2.45, 2.75) is 97.3 Å². The molecule has 3 aliphatic rings. The molecule has 2 aliphatic heterocycles. The second-order valence-corrected chi connectivity index (χ2v) is 16.7. The average Bonchev–Trinajstić information content (AvgIpc) is 3.58. The summed E-state index contributed by atoms with van der Waals surface area (Å²) in [4.78, 5) is 5.08. The number of nitrogens with one attached hydrogen (secondary N) is 7. The molecule has 9 nitrogen and oxygen atoms in total. The molecule has 4 unspecified atom stereocenters. The first-order valence-electron chi connectivity index (χ1n) is 23.6. The summed E-state index contributed by atoms with van der Waals surface area (Å²) in [5.74, 6) is 0.0304. The van der Waals surface area contributed by atoms with Crippen molar-refractivity contribution in [3.8, 4) is 0 Å². The molecule has 2 heterocycles. The maximum absolute atomic E-state index is 14.2. The fourth-order valence-corrected chi connectivity index (χ4v) is 8.56. The van der Waals surface area contributed by atoms with E-state index in [1.807, 2.05) is 46.2 Å². The highest BCUT2D eigenvalue weighted by molar-refractivity contribution is 5.63. The predicted octanol–water partition coefficient (Wildman–Crippen LogP) is 9.08. The lowest BCUT2D eigenvalue weighted by Crippen LogP contribution is -2.48. The van der Waals surface area contributed by atoms with Crippen molar-refractivity contribution in [2.24, 2.45) is 5.92 Å². The van der Waals surface area contributed by atoms with Crippen LogP contribution >= 0.6 is 0 Å². The smallest absolute Gasteiger partial charge is 0.119 e. The number of hydrogen-bond donors (Lipinski definition) is 7. The SMILES string of the molecule is C=C/C(=C\C1NC(C)=C(C(=C)NCCCN2CCN(CC(=C)NCCCCCNc3cccc(C=C)c3CNC(C=C)CCC(=C)NC)CC2)C1C)C1=CC(F)=CCC1NC.CC. The number of unbranched alkanes of at least 4 members (excludes halogenated alkanes) is 2. The number of nitrogens with zero attached hydrogens (tertiary/aromatic N) is 2. The van der Waals surface area contributed by atoms with Crippen LogP contribution in [0.4, 0.5) is 10.1 Å². The van der Waals surface area contributed by atoms with E-state index in [9.17, 15) is 4.39 Å².